The minimum Gasteiger partial charge on any atom is -0.477 e. The van der Waals surface area contributed by atoms with Gasteiger partial charge < -0.3 is 19.2 Å². The van der Waals surface area contributed by atoms with Crippen LogP contribution in [0.25, 0.3) is 5.57 Å². The number of benzene rings is 1. The second-order valence-electron chi connectivity index (χ2n) is 9.69. The number of nitrogens with zero attached hydrogens (tertiary/aromatic N) is 2. The summed E-state index contributed by atoms with van der Waals surface area (Å²) in [7, 11) is -1.88. The van der Waals surface area contributed by atoms with E-state index in [0.29, 0.717) is 28.8 Å². The van der Waals surface area contributed by atoms with Crippen LogP contribution in [-0.4, -0.2) is 61.0 Å². The number of amides is 3. The van der Waals surface area contributed by atoms with Gasteiger partial charge in [0.15, 0.2) is 8.32 Å². The molecule has 9 nitrogen and oxygen atoms in total. The molecule has 3 atom stereocenters. The van der Waals surface area contributed by atoms with Gasteiger partial charge >= 0.3 is 12.1 Å². The van der Waals surface area contributed by atoms with Crippen molar-refractivity contribution in [1.29, 1.82) is 0 Å². The van der Waals surface area contributed by atoms with Crippen LogP contribution in [0.15, 0.2) is 36.6 Å². The molecule has 0 bridgehead atoms. The van der Waals surface area contributed by atoms with Gasteiger partial charge in [-0.25, -0.2) is 14.5 Å². The number of carbonyl (C=O) groups excluding carboxylic acids is 3. The topological polar surface area (TPSA) is 113 Å². The molecule has 0 spiro atoms. The summed E-state index contributed by atoms with van der Waals surface area (Å²) in [5.74, 6) is -2.23. The highest BCUT2D eigenvalue weighted by Gasteiger charge is 2.57. The molecule has 34 heavy (non-hydrogen) atoms. The second-order valence-corrected chi connectivity index (χ2v) is 14.1. The van der Waals surface area contributed by atoms with Crippen molar-refractivity contribution in [2.24, 2.45) is 5.92 Å². The lowest BCUT2D eigenvalue weighted by atomic mass is 9.82. The number of rotatable bonds is 7. The van der Waals surface area contributed by atoms with Crippen molar-refractivity contribution in [2.75, 3.05) is 11.5 Å². The van der Waals surface area contributed by atoms with Crippen LogP contribution in [0, 0.1) is 5.92 Å². The maximum absolute atomic E-state index is 13.0. The van der Waals surface area contributed by atoms with Crippen molar-refractivity contribution in [2.45, 2.75) is 51.6 Å². The van der Waals surface area contributed by atoms with Crippen LogP contribution in [-0.2, 0) is 30.0 Å². The number of imide groups is 1. The fourth-order valence-corrected chi connectivity index (χ4v) is 6.31. The van der Waals surface area contributed by atoms with Gasteiger partial charge in [-0.1, -0.05) is 18.7 Å². The summed E-state index contributed by atoms with van der Waals surface area (Å²) in [5, 5.41) is 9.92. The molecule has 0 aliphatic carbocycles. The molecule has 10 heteroatoms. The maximum atomic E-state index is 13.0. The molecule has 3 heterocycles. The predicted molar refractivity (Wildman–Crippen MR) is 126 cm³/mol. The van der Waals surface area contributed by atoms with Crippen molar-refractivity contribution in [3.05, 3.63) is 47.7 Å². The van der Waals surface area contributed by atoms with Crippen LogP contribution in [0.2, 0.25) is 19.6 Å². The Morgan fingerprint density at radius 2 is 2.00 bits per heavy atom. The molecule has 1 fully saturated rings. The molecule has 1 N–H and O–H groups in total. The molecular formula is C24H28N2O7Si. The zero-order valence-corrected chi connectivity index (χ0v) is 20.7. The van der Waals surface area contributed by atoms with E-state index < -0.39 is 32.2 Å². The molecule has 3 aliphatic heterocycles. The first-order valence-electron chi connectivity index (χ1n) is 11.2. The van der Waals surface area contributed by atoms with Crippen LogP contribution in [0.4, 0.5) is 10.5 Å². The first-order valence-corrected chi connectivity index (χ1v) is 14.6. The third-order valence-corrected chi connectivity index (χ3v) is 7.30. The minimum atomic E-state index is -1.88. The summed E-state index contributed by atoms with van der Waals surface area (Å²) in [6.45, 7) is 11.5. The van der Waals surface area contributed by atoms with Gasteiger partial charge in [0.2, 0.25) is 11.8 Å². The third-order valence-electron chi connectivity index (χ3n) is 6.22. The first kappa shape index (κ1) is 23.9. The van der Waals surface area contributed by atoms with Gasteiger partial charge in [-0.15, -0.1) is 0 Å². The molecule has 3 aliphatic rings. The smallest absolute Gasteiger partial charge is 0.421 e. The lowest BCUT2D eigenvalue weighted by Crippen LogP contribution is -2.63. The number of fused-ring (bicyclic) bond motifs is 2. The number of carboxylic acid groups (broad SMARTS) is 1. The van der Waals surface area contributed by atoms with Crippen molar-refractivity contribution in [3.8, 4) is 0 Å². The summed E-state index contributed by atoms with van der Waals surface area (Å²) in [6.07, 6.45) is 0.711. The van der Waals surface area contributed by atoms with E-state index in [4.69, 9.17) is 9.16 Å². The number of carbonyl (C=O) groups is 4. The van der Waals surface area contributed by atoms with Crippen molar-refractivity contribution >= 4 is 43.5 Å². The van der Waals surface area contributed by atoms with Gasteiger partial charge in [0, 0.05) is 0 Å². The highest BCUT2D eigenvalue weighted by molar-refractivity contribution is 6.69. The molecule has 0 unspecified atom stereocenters. The average molecular weight is 485 g/mol. The Balaban J connectivity index is 1.63. The fraction of sp³-hybridized carbons (Fsp3) is 0.417. The Morgan fingerprint density at radius 3 is 2.62 bits per heavy atom. The van der Waals surface area contributed by atoms with Gasteiger partial charge in [0.05, 0.1) is 30.2 Å². The highest BCUT2D eigenvalue weighted by Crippen LogP contribution is 2.48. The molecule has 1 aromatic carbocycles. The van der Waals surface area contributed by atoms with Crippen LogP contribution >= 0.6 is 0 Å². The number of carboxylic acids is 1. The Labute approximate surface area is 198 Å². The Morgan fingerprint density at radius 1 is 1.29 bits per heavy atom. The highest BCUT2D eigenvalue weighted by atomic mass is 28.4. The van der Waals surface area contributed by atoms with E-state index in [2.05, 4.69) is 6.58 Å². The Kier molecular flexibility index (Phi) is 5.99. The van der Waals surface area contributed by atoms with Crippen LogP contribution in [0.3, 0.4) is 0 Å². The van der Waals surface area contributed by atoms with Gasteiger partial charge in [-0.2, -0.15) is 0 Å². The molecular weight excluding hydrogens is 456 g/mol. The minimum absolute atomic E-state index is 0.00215. The number of ether oxygens (including phenoxy) is 1. The molecule has 0 radical (unpaired) electrons. The van der Waals surface area contributed by atoms with Crippen molar-refractivity contribution in [1.82, 2.24) is 4.90 Å². The Hall–Kier alpha value is -3.24. The van der Waals surface area contributed by atoms with Gasteiger partial charge in [0.1, 0.15) is 12.3 Å². The van der Waals surface area contributed by atoms with Crippen molar-refractivity contribution < 1.29 is 33.4 Å². The van der Waals surface area contributed by atoms with Crippen molar-refractivity contribution in [3.63, 3.8) is 0 Å². The zero-order chi connectivity index (χ0) is 24.9. The fourth-order valence-electron chi connectivity index (χ4n) is 5.05. The largest absolute Gasteiger partial charge is 0.477 e. The quantitative estimate of drug-likeness (QED) is 0.359. The van der Waals surface area contributed by atoms with Gasteiger partial charge in [-0.3, -0.25) is 9.59 Å². The first-order chi connectivity index (χ1) is 15.9. The van der Waals surface area contributed by atoms with E-state index in [-0.39, 0.29) is 36.8 Å². The molecule has 1 saturated heterocycles. The molecule has 4 rings (SSSR count). The Bertz CT molecular complexity index is 1140. The summed E-state index contributed by atoms with van der Waals surface area (Å²) in [5.41, 5.74) is 2.13. The van der Waals surface area contributed by atoms with E-state index in [1.165, 1.54) is 11.0 Å². The van der Waals surface area contributed by atoms with Crippen LogP contribution in [0.5, 0.6) is 0 Å². The van der Waals surface area contributed by atoms with E-state index >= 15 is 0 Å². The normalized spacial score (nSPS) is 22.4. The van der Waals surface area contributed by atoms with E-state index in [1.807, 2.05) is 26.6 Å². The number of hydrogen-bond acceptors (Lipinski definition) is 6. The summed E-state index contributed by atoms with van der Waals surface area (Å²) >= 11 is 0. The van der Waals surface area contributed by atoms with E-state index in [0.717, 1.165) is 4.90 Å². The standard InChI is InChI=1S/C24H28N2O7Si/c1-6-9-32-24(31)25-17-8-7-14(10-15(17)11-19(25)27)16-12-18-20(13(2)33-34(3,4)5)22(28)26(18)21(16)23(29)30/h6-8,10,13,18,20H,1,9,11-12H2,2-5H3,(H,29,30)/t13-,18-,20-/m1/s1. The molecule has 1 aromatic rings. The SMILES string of the molecule is C=CCOC(=O)N1C(=O)Cc2cc(C3=C(C(=O)O)N4C(=O)[C@H]([C@@H](C)O[Si](C)(C)C)[C@H]4C3)ccc21. The lowest BCUT2D eigenvalue weighted by Gasteiger charge is -2.47. The zero-order valence-electron chi connectivity index (χ0n) is 19.7. The molecule has 0 saturated carbocycles. The monoisotopic (exact) mass is 484 g/mol. The van der Waals surface area contributed by atoms with Gasteiger partial charge in [-0.05, 0) is 61.8 Å². The summed E-state index contributed by atoms with van der Waals surface area (Å²) < 4.78 is 11.1. The summed E-state index contributed by atoms with van der Waals surface area (Å²) in [4.78, 5) is 52.2. The third kappa shape index (κ3) is 3.96. The number of anilines is 1. The average Bonchev–Trinajstić information content (AvgIpc) is 3.24. The lowest BCUT2D eigenvalue weighted by molar-refractivity contribution is -0.160. The van der Waals surface area contributed by atoms with Gasteiger partial charge in [0.25, 0.3) is 0 Å². The number of aliphatic carboxylic acids is 1. The predicted octanol–water partition coefficient (Wildman–Crippen LogP) is 3.16. The summed E-state index contributed by atoms with van der Waals surface area (Å²) in [6, 6.07) is 4.74. The maximum Gasteiger partial charge on any atom is 0.421 e. The van der Waals surface area contributed by atoms with Crippen LogP contribution < -0.4 is 4.90 Å². The van der Waals surface area contributed by atoms with Crippen LogP contribution in [0.1, 0.15) is 24.5 Å². The molecule has 3 amide bonds. The second kappa shape index (κ2) is 8.52. The van der Waals surface area contributed by atoms with E-state index in [1.54, 1.807) is 18.2 Å². The number of hydrogen-bond donors (Lipinski definition) is 1. The van der Waals surface area contributed by atoms with E-state index in [9.17, 15) is 24.3 Å². The molecule has 180 valence electrons. The number of β-lactam (4-membered cyclic amide) rings is 1. The molecule has 0 aromatic heterocycles.